The fourth-order valence-electron chi connectivity index (χ4n) is 7.15. The lowest BCUT2D eigenvalue weighted by molar-refractivity contribution is 0.0115. The Morgan fingerprint density at radius 1 is 1.07 bits per heavy atom. The van der Waals surface area contributed by atoms with Crippen molar-refractivity contribution in [3.8, 4) is 0 Å². The van der Waals surface area contributed by atoms with Gasteiger partial charge in [-0.05, 0) is 71.7 Å². The fraction of sp³-hybridized carbons (Fsp3) is 0.484. The van der Waals surface area contributed by atoms with Crippen molar-refractivity contribution in [1.82, 2.24) is 4.90 Å². The minimum absolute atomic E-state index is 0.118. The van der Waals surface area contributed by atoms with E-state index in [1.54, 1.807) is 0 Å². The normalized spacial score (nSPS) is 21.2. The predicted molar refractivity (Wildman–Crippen MR) is 154 cm³/mol. The summed E-state index contributed by atoms with van der Waals surface area (Å²) in [6.45, 7) is 19.4. The summed E-state index contributed by atoms with van der Waals surface area (Å²) in [4.78, 5) is 22.0. The van der Waals surface area contributed by atoms with Gasteiger partial charge in [-0.15, -0.1) is 0 Å². The molecule has 2 aromatic carbocycles. The first kappa shape index (κ1) is 27.2. The summed E-state index contributed by atoms with van der Waals surface area (Å²) in [6, 6.07) is 7.68. The smallest absolute Gasteiger partial charge is 0.284 e. The summed E-state index contributed by atoms with van der Waals surface area (Å²) < 4.78 is 39.4. The number of hydrogen-bond acceptors (Lipinski definition) is 6. The first-order valence-electron chi connectivity index (χ1n) is 14.1. The highest BCUT2D eigenvalue weighted by Gasteiger charge is 2.44. The van der Waals surface area contributed by atoms with E-state index in [0.717, 1.165) is 80.9 Å². The van der Waals surface area contributed by atoms with Crippen LogP contribution in [-0.2, 0) is 33.1 Å². The number of hydrogen-bond donors (Lipinski definition) is 1. The third-order valence-electron chi connectivity index (χ3n) is 9.39. The van der Waals surface area contributed by atoms with Gasteiger partial charge in [0.15, 0.2) is 5.78 Å². The lowest BCUT2D eigenvalue weighted by atomic mass is 9.68. The average molecular weight is 562 g/mol. The van der Waals surface area contributed by atoms with E-state index in [0.29, 0.717) is 29.2 Å². The van der Waals surface area contributed by atoms with Gasteiger partial charge >= 0.3 is 0 Å². The fourth-order valence-corrected chi connectivity index (χ4v) is 7.78. The monoisotopic (exact) mass is 561 g/mol. The molecule has 6 rings (SSSR count). The van der Waals surface area contributed by atoms with E-state index in [4.69, 9.17) is 11.3 Å². The number of ether oxygens (including phenoxy) is 1. The lowest BCUT2D eigenvalue weighted by Crippen LogP contribution is -2.49. The van der Waals surface area contributed by atoms with Gasteiger partial charge in [0.05, 0.1) is 19.8 Å². The number of morpholine rings is 1. The number of carbonyl (C=O) groups excluding carboxylic acids is 1. The molecule has 40 heavy (non-hydrogen) atoms. The number of allylic oxidation sites excluding steroid dienone is 2. The van der Waals surface area contributed by atoms with E-state index in [9.17, 15) is 17.8 Å². The Labute approximate surface area is 236 Å². The minimum atomic E-state index is -4.61. The van der Waals surface area contributed by atoms with E-state index in [2.05, 4.69) is 41.5 Å². The second kappa shape index (κ2) is 9.81. The number of benzene rings is 2. The average Bonchev–Trinajstić information content (AvgIpc) is 3.35. The molecule has 2 saturated heterocycles. The maximum atomic E-state index is 14.1. The Morgan fingerprint density at radius 3 is 2.40 bits per heavy atom. The Bertz CT molecular complexity index is 1590. The Kier molecular flexibility index (Phi) is 6.66. The van der Waals surface area contributed by atoms with Crippen LogP contribution in [0.4, 0.5) is 11.4 Å². The zero-order chi connectivity index (χ0) is 28.4. The number of aryl methyl sites for hydroxylation is 1. The third-order valence-corrected chi connectivity index (χ3v) is 10.3. The second-order valence-corrected chi connectivity index (χ2v) is 13.2. The number of rotatable bonds is 4. The maximum absolute atomic E-state index is 14.1. The summed E-state index contributed by atoms with van der Waals surface area (Å²) >= 11 is 0. The zero-order valence-electron chi connectivity index (χ0n) is 23.3. The van der Waals surface area contributed by atoms with Crippen LogP contribution in [-0.4, -0.2) is 69.1 Å². The van der Waals surface area contributed by atoms with Crippen molar-refractivity contribution in [2.75, 3.05) is 44.3 Å². The highest BCUT2D eigenvalue weighted by atomic mass is 32.2. The number of anilines is 1. The quantitative estimate of drug-likeness (QED) is 0.422. The maximum Gasteiger partial charge on any atom is 0.284 e. The van der Waals surface area contributed by atoms with Gasteiger partial charge in [0.2, 0.25) is 5.69 Å². The number of Topliss-reactive ketones (excluding diaryl/α,β-unsaturated/α-hetero) is 1. The van der Waals surface area contributed by atoms with E-state index < -0.39 is 20.4 Å². The molecule has 0 amide bonds. The molecule has 0 unspecified atom stereocenters. The van der Waals surface area contributed by atoms with Crippen molar-refractivity contribution < 1.29 is 22.5 Å². The van der Waals surface area contributed by atoms with Gasteiger partial charge < -0.3 is 9.64 Å². The molecule has 8 nitrogen and oxygen atoms in total. The lowest BCUT2D eigenvalue weighted by Gasteiger charge is -2.42. The van der Waals surface area contributed by atoms with Gasteiger partial charge in [-0.2, -0.15) is 8.42 Å². The molecule has 0 bridgehead atoms. The van der Waals surface area contributed by atoms with Crippen LogP contribution in [0.5, 0.6) is 0 Å². The summed E-state index contributed by atoms with van der Waals surface area (Å²) in [5.74, 6) is -0.118. The second-order valence-electron chi connectivity index (χ2n) is 11.8. The number of ketones is 1. The van der Waals surface area contributed by atoms with Gasteiger partial charge in [-0.1, -0.05) is 26.8 Å². The molecule has 4 aliphatic rings. The molecular formula is C31H35N3O5S. The Balaban J connectivity index is 1.37. The molecule has 210 valence electrons. The van der Waals surface area contributed by atoms with Crippen LogP contribution in [0, 0.1) is 6.57 Å². The number of piperidine rings is 1. The topological polar surface area (TPSA) is 91.5 Å². The van der Waals surface area contributed by atoms with Crippen LogP contribution >= 0.6 is 0 Å². The SMILES string of the molecule is [C-]#[N+]c1cc2c(cc1S(=O)(=O)O)C1=C(C2)C(C)(C)c2cc(N3CCC(N4CCOCC4)CC3)c(CC)cc2C1=O. The van der Waals surface area contributed by atoms with Gasteiger partial charge in [0.1, 0.15) is 4.90 Å². The summed E-state index contributed by atoms with van der Waals surface area (Å²) in [5, 5.41) is 0. The van der Waals surface area contributed by atoms with Crippen molar-refractivity contribution >= 4 is 32.8 Å². The third kappa shape index (κ3) is 4.29. The van der Waals surface area contributed by atoms with E-state index in [-0.39, 0.29) is 11.5 Å². The number of fused-ring (bicyclic) bond motifs is 3. The van der Waals surface area contributed by atoms with Gasteiger partial charge in [-0.3, -0.25) is 14.2 Å². The molecule has 2 heterocycles. The first-order valence-corrected chi connectivity index (χ1v) is 15.5. The van der Waals surface area contributed by atoms with Crippen LogP contribution in [0.1, 0.15) is 66.2 Å². The highest BCUT2D eigenvalue weighted by molar-refractivity contribution is 7.86. The standard InChI is InChI=1S/C31H35N3O5S/c1-5-19-14-23-24(18-27(19)34-8-6-21(7-9-34)33-10-12-39-13-11-33)31(2,3)25-15-20-16-26(32-4)28(40(36,37)38)17-22(20)29(25)30(23)35/h14,16-18,21H,5-13,15H2,1-3H3,(H,36,37,38). The van der Waals surface area contributed by atoms with Crippen molar-refractivity contribution in [3.05, 3.63) is 69.1 Å². The van der Waals surface area contributed by atoms with E-state index in [1.807, 2.05) is 6.07 Å². The van der Waals surface area contributed by atoms with Crippen LogP contribution in [0.15, 0.2) is 34.7 Å². The molecule has 0 atom stereocenters. The first-order chi connectivity index (χ1) is 19.0. The Hall–Kier alpha value is -3.03. The molecule has 2 aliphatic carbocycles. The van der Waals surface area contributed by atoms with E-state index in [1.165, 1.54) is 17.8 Å². The summed E-state index contributed by atoms with van der Waals surface area (Å²) in [6.07, 6.45) is 3.47. The van der Waals surface area contributed by atoms with Gasteiger partial charge in [-0.25, -0.2) is 4.85 Å². The minimum Gasteiger partial charge on any atom is -0.379 e. The number of nitrogens with zero attached hydrogens (tertiary/aromatic N) is 3. The van der Waals surface area contributed by atoms with Crippen LogP contribution in [0.2, 0.25) is 0 Å². The molecule has 9 heteroatoms. The van der Waals surface area contributed by atoms with E-state index >= 15 is 0 Å². The summed E-state index contributed by atoms with van der Waals surface area (Å²) in [5.41, 5.74) is 6.09. The molecule has 2 aromatic rings. The number of carbonyl (C=O) groups is 1. The van der Waals surface area contributed by atoms with Crippen molar-refractivity contribution in [2.45, 2.75) is 62.8 Å². The van der Waals surface area contributed by atoms with Crippen LogP contribution in [0.25, 0.3) is 10.4 Å². The van der Waals surface area contributed by atoms with Crippen LogP contribution in [0.3, 0.4) is 0 Å². The van der Waals surface area contributed by atoms with Crippen molar-refractivity contribution in [3.63, 3.8) is 0 Å². The molecule has 0 aromatic heterocycles. The van der Waals surface area contributed by atoms with Gasteiger partial charge in [0.25, 0.3) is 10.1 Å². The highest BCUT2D eigenvalue weighted by Crippen LogP contribution is 2.52. The zero-order valence-corrected chi connectivity index (χ0v) is 24.1. The molecule has 2 aliphatic heterocycles. The van der Waals surface area contributed by atoms with Crippen molar-refractivity contribution in [1.29, 1.82) is 0 Å². The Morgan fingerprint density at radius 2 is 1.77 bits per heavy atom. The molecule has 0 radical (unpaired) electrons. The van der Waals surface area contributed by atoms with Crippen molar-refractivity contribution in [2.24, 2.45) is 0 Å². The molecule has 0 saturated carbocycles. The van der Waals surface area contributed by atoms with Gasteiger partial charge in [0, 0.05) is 54.5 Å². The molecular weight excluding hydrogens is 526 g/mol. The molecule has 1 N–H and O–H groups in total. The largest absolute Gasteiger partial charge is 0.379 e. The molecule has 0 spiro atoms. The van der Waals surface area contributed by atoms with Crippen LogP contribution < -0.4 is 4.90 Å². The summed E-state index contributed by atoms with van der Waals surface area (Å²) in [7, 11) is -4.61. The predicted octanol–water partition coefficient (Wildman–Crippen LogP) is 4.83. The molecule has 2 fully saturated rings.